The number of anilines is 2. The van der Waals surface area contributed by atoms with Gasteiger partial charge in [0.15, 0.2) is 0 Å². The zero-order valence-electron chi connectivity index (χ0n) is 15.6. The van der Waals surface area contributed by atoms with Crippen molar-refractivity contribution in [3.63, 3.8) is 0 Å². The molecule has 1 aliphatic rings. The van der Waals surface area contributed by atoms with E-state index in [9.17, 15) is 13.2 Å². The Hall–Kier alpha value is -2.34. The van der Waals surface area contributed by atoms with Gasteiger partial charge in [0, 0.05) is 11.7 Å². The first-order valence-corrected chi connectivity index (χ1v) is 10.5. The van der Waals surface area contributed by atoms with E-state index in [4.69, 9.17) is 0 Å². The van der Waals surface area contributed by atoms with Crippen LogP contribution < -0.4 is 9.21 Å². The molecule has 0 saturated heterocycles. The molecule has 0 N–H and O–H groups in total. The van der Waals surface area contributed by atoms with Crippen molar-refractivity contribution in [1.29, 1.82) is 0 Å². The number of amides is 1. The van der Waals surface area contributed by atoms with Crippen molar-refractivity contribution >= 4 is 27.3 Å². The van der Waals surface area contributed by atoms with Gasteiger partial charge in [0.25, 0.3) is 0 Å². The van der Waals surface area contributed by atoms with E-state index in [2.05, 4.69) is 0 Å². The highest BCUT2D eigenvalue weighted by Gasteiger charge is 2.33. The summed E-state index contributed by atoms with van der Waals surface area (Å²) in [5.74, 6) is -0.216. The minimum Gasteiger partial charge on any atom is -0.307 e. The maximum absolute atomic E-state index is 13.0. The molecule has 0 aliphatic carbocycles. The summed E-state index contributed by atoms with van der Waals surface area (Å²) in [6.45, 7) is 5.61. The number of hydrogen-bond acceptors (Lipinski definition) is 3. The van der Waals surface area contributed by atoms with Crippen LogP contribution in [0, 0.1) is 13.8 Å². The van der Waals surface area contributed by atoms with Crippen LogP contribution in [0.4, 0.5) is 11.4 Å². The van der Waals surface area contributed by atoms with Crippen LogP contribution in [0.3, 0.4) is 0 Å². The Morgan fingerprint density at radius 1 is 1.15 bits per heavy atom. The Kier molecular flexibility index (Phi) is 4.80. The second-order valence-electron chi connectivity index (χ2n) is 7.06. The van der Waals surface area contributed by atoms with E-state index in [1.807, 2.05) is 51.1 Å². The third-order valence-electron chi connectivity index (χ3n) is 4.65. The molecule has 5 nitrogen and oxygen atoms in total. The summed E-state index contributed by atoms with van der Waals surface area (Å²) in [5, 5.41) is 0. The van der Waals surface area contributed by atoms with Gasteiger partial charge in [0.2, 0.25) is 15.9 Å². The molecule has 138 valence electrons. The number of aryl methyl sites for hydroxylation is 2. The molecule has 0 aromatic heterocycles. The Labute approximate surface area is 155 Å². The fraction of sp³-hybridized carbons (Fsp3) is 0.350. The van der Waals surface area contributed by atoms with Crippen LogP contribution >= 0.6 is 0 Å². The van der Waals surface area contributed by atoms with Gasteiger partial charge in [-0.2, -0.15) is 0 Å². The lowest BCUT2D eigenvalue weighted by Gasteiger charge is -2.28. The number of carbonyl (C=O) groups is 1. The van der Waals surface area contributed by atoms with Gasteiger partial charge in [-0.25, -0.2) is 8.42 Å². The predicted octanol–water partition coefficient (Wildman–Crippen LogP) is 3.05. The zero-order valence-corrected chi connectivity index (χ0v) is 16.4. The molecule has 0 saturated carbocycles. The maximum atomic E-state index is 13.0. The molecule has 2 aromatic rings. The number of hydrogen-bond donors (Lipinski definition) is 0. The molecule has 0 spiro atoms. The number of para-hydroxylation sites is 1. The first-order valence-electron chi connectivity index (χ1n) is 8.63. The normalized spacial score (nSPS) is 16.5. The fourth-order valence-corrected chi connectivity index (χ4v) is 4.47. The Bertz CT molecular complexity index is 933. The maximum Gasteiger partial charge on any atom is 0.248 e. The molecular weight excluding hydrogens is 348 g/mol. The largest absolute Gasteiger partial charge is 0.307 e. The van der Waals surface area contributed by atoms with E-state index < -0.39 is 10.0 Å². The number of sulfonamides is 1. The molecule has 26 heavy (non-hydrogen) atoms. The quantitative estimate of drug-likeness (QED) is 0.829. The summed E-state index contributed by atoms with van der Waals surface area (Å²) >= 11 is 0. The van der Waals surface area contributed by atoms with Crippen LogP contribution in [0.1, 0.15) is 23.6 Å². The van der Waals surface area contributed by atoms with Crippen LogP contribution in [0.5, 0.6) is 0 Å². The fourth-order valence-electron chi connectivity index (χ4n) is 3.64. The predicted molar refractivity (Wildman–Crippen MR) is 105 cm³/mol. The number of carbonyl (C=O) groups excluding carboxylic acids is 1. The molecule has 1 atom stereocenters. The van der Waals surface area contributed by atoms with Gasteiger partial charge < -0.3 is 4.90 Å². The average Bonchev–Trinajstić information content (AvgIpc) is 2.86. The van der Waals surface area contributed by atoms with Crippen molar-refractivity contribution in [3.05, 3.63) is 59.2 Å². The second-order valence-corrected chi connectivity index (χ2v) is 8.97. The van der Waals surface area contributed by atoms with Crippen molar-refractivity contribution in [2.45, 2.75) is 33.2 Å². The molecular formula is C20H24N2O3S. The monoisotopic (exact) mass is 372 g/mol. The van der Waals surface area contributed by atoms with Crippen molar-refractivity contribution in [2.75, 3.05) is 22.0 Å². The Balaban J connectivity index is 1.94. The minimum atomic E-state index is -3.59. The van der Waals surface area contributed by atoms with Gasteiger partial charge in [0.05, 0.1) is 11.9 Å². The van der Waals surface area contributed by atoms with Crippen molar-refractivity contribution in [2.24, 2.45) is 0 Å². The van der Waals surface area contributed by atoms with E-state index in [1.165, 1.54) is 4.31 Å². The molecule has 0 radical (unpaired) electrons. The first-order chi connectivity index (χ1) is 12.2. The topological polar surface area (TPSA) is 57.7 Å². The summed E-state index contributed by atoms with van der Waals surface area (Å²) in [4.78, 5) is 14.8. The molecule has 1 heterocycles. The smallest absolute Gasteiger partial charge is 0.248 e. The molecule has 2 aromatic carbocycles. The van der Waals surface area contributed by atoms with Crippen LogP contribution in [0.25, 0.3) is 0 Å². The number of benzene rings is 2. The van der Waals surface area contributed by atoms with Gasteiger partial charge in [-0.05, 0) is 62.1 Å². The molecule has 1 aliphatic heterocycles. The van der Waals surface area contributed by atoms with Gasteiger partial charge >= 0.3 is 0 Å². The van der Waals surface area contributed by atoms with E-state index >= 15 is 0 Å². The highest BCUT2D eigenvalue weighted by atomic mass is 32.2. The molecule has 1 amide bonds. The van der Waals surface area contributed by atoms with E-state index in [0.29, 0.717) is 5.69 Å². The molecule has 0 fully saturated rings. The summed E-state index contributed by atoms with van der Waals surface area (Å²) in [7, 11) is -3.59. The standard InChI is InChI=1S/C20H24N2O3S/c1-14-9-15(2)11-18(10-14)21(26(4,24)25)13-20(23)22-16(3)12-17-7-5-6-8-19(17)22/h5-11,16H,12-13H2,1-4H3. The number of nitrogens with zero attached hydrogens (tertiary/aromatic N) is 2. The Morgan fingerprint density at radius 3 is 2.38 bits per heavy atom. The van der Waals surface area contributed by atoms with Crippen molar-refractivity contribution in [1.82, 2.24) is 0 Å². The molecule has 6 heteroatoms. The highest BCUT2D eigenvalue weighted by Crippen LogP contribution is 2.32. The number of fused-ring (bicyclic) bond motifs is 1. The summed E-state index contributed by atoms with van der Waals surface area (Å²) in [5.41, 5.74) is 4.44. The second kappa shape index (κ2) is 6.76. The van der Waals surface area contributed by atoms with Crippen molar-refractivity contribution < 1.29 is 13.2 Å². The average molecular weight is 372 g/mol. The molecule has 1 unspecified atom stereocenters. The highest BCUT2D eigenvalue weighted by molar-refractivity contribution is 7.92. The third-order valence-corrected chi connectivity index (χ3v) is 5.79. The van der Waals surface area contributed by atoms with Crippen LogP contribution in [0.2, 0.25) is 0 Å². The SMILES string of the molecule is Cc1cc(C)cc(N(CC(=O)N2c3ccccc3CC2C)S(C)(=O)=O)c1. The molecule has 3 rings (SSSR count). The van der Waals surface area contributed by atoms with Crippen LogP contribution in [0.15, 0.2) is 42.5 Å². The van der Waals surface area contributed by atoms with Crippen LogP contribution in [-0.4, -0.2) is 33.2 Å². The summed E-state index contributed by atoms with van der Waals surface area (Å²) in [6, 6.07) is 13.4. The Morgan fingerprint density at radius 2 is 1.77 bits per heavy atom. The number of rotatable bonds is 4. The van der Waals surface area contributed by atoms with Gasteiger partial charge in [-0.3, -0.25) is 9.10 Å². The van der Waals surface area contributed by atoms with E-state index in [-0.39, 0.29) is 18.5 Å². The lowest BCUT2D eigenvalue weighted by atomic mass is 10.1. The lowest BCUT2D eigenvalue weighted by molar-refractivity contribution is -0.117. The van der Waals surface area contributed by atoms with Gasteiger partial charge in [-0.1, -0.05) is 24.3 Å². The van der Waals surface area contributed by atoms with Crippen molar-refractivity contribution in [3.8, 4) is 0 Å². The summed E-state index contributed by atoms with van der Waals surface area (Å²) in [6.07, 6.45) is 1.92. The third kappa shape index (κ3) is 3.60. The van der Waals surface area contributed by atoms with Gasteiger partial charge in [-0.15, -0.1) is 0 Å². The van der Waals surface area contributed by atoms with Gasteiger partial charge in [0.1, 0.15) is 6.54 Å². The summed E-state index contributed by atoms with van der Waals surface area (Å²) < 4.78 is 26.0. The van der Waals surface area contributed by atoms with Crippen LogP contribution in [-0.2, 0) is 21.2 Å². The lowest BCUT2D eigenvalue weighted by Crippen LogP contribution is -2.45. The minimum absolute atomic E-state index is 0.0144. The zero-order chi connectivity index (χ0) is 19.1. The molecule has 0 bridgehead atoms. The van der Waals surface area contributed by atoms with E-state index in [1.54, 1.807) is 17.0 Å². The van der Waals surface area contributed by atoms with E-state index in [0.717, 1.165) is 35.1 Å². The first kappa shape index (κ1) is 18.5.